The maximum Gasteiger partial charge on any atom is 0.164 e. The van der Waals surface area contributed by atoms with Crippen LogP contribution in [-0.4, -0.2) is 57.7 Å². The molecule has 0 amide bonds. The lowest BCUT2D eigenvalue weighted by atomic mass is 9.88. The standard InChI is InChI=1S/C27H33N7O2S/c1-16(2)20-7-8-24(34-13-19(18(34)4)15-37(6,35)36)22-12-29-26(11-21(20)22)30-25-9-10-28-27(31-25)23-14-33(5)32-17(23)3/h7-12,14,16,18-19H,13,15H2,1-6H3,(H,28,29,30,31)/t18-,19-/m1/s1/i5D3. The number of nitrogens with zero attached hydrogens (tertiary/aromatic N) is 6. The van der Waals surface area contributed by atoms with E-state index < -0.39 is 16.8 Å². The number of aryl methyl sites for hydroxylation is 2. The van der Waals surface area contributed by atoms with Crippen LogP contribution in [0.2, 0.25) is 0 Å². The molecule has 4 aromatic rings. The van der Waals surface area contributed by atoms with Crippen LogP contribution in [0.15, 0.2) is 42.9 Å². The minimum absolute atomic E-state index is 0.103. The Morgan fingerprint density at radius 2 is 2.00 bits per heavy atom. The van der Waals surface area contributed by atoms with Crippen molar-refractivity contribution in [3.05, 3.63) is 54.1 Å². The first-order chi connectivity index (χ1) is 18.7. The predicted octanol–water partition coefficient (Wildman–Crippen LogP) is 4.47. The van der Waals surface area contributed by atoms with Crippen LogP contribution in [-0.2, 0) is 16.8 Å². The molecule has 0 aliphatic carbocycles. The number of rotatable bonds is 7. The number of hydrogen-bond donors (Lipinski definition) is 1. The summed E-state index contributed by atoms with van der Waals surface area (Å²) >= 11 is 0. The molecule has 1 fully saturated rings. The fourth-order valence-corrected chi connectivity index (χ4v) is 6.19. The van der Waals surface area contributed by atoms with Crippen LogP contribution >= 0.6 is 0 Å². The van der Waals surface area contributed by atoms with E-state index in [1.807, 2.05) is 12.3 Å². The Labute approximate surface area is 222 Å². The molecule has 0 saturated carbocycles. The van der Waals surface area contributed by atoms with E-state index in [0.29, 0.717) is 35.3 Å². The first kappa shape index (κ1) is 21.5. The van der Waals surface area contributed by atoms with Gasteiger partial charge in [0.1, 0.15) is 21.5 Å². The van der Waals surface area contributed by atoms with Crippen LogP contribution in [0.1, 0.15) is 42.1 Å². The van der Waals surface area contributed by atoms with Gasteiger partial charge in [0.15, 0.2) is 5.82 Å². The van der Waals surface area contributed by atoms with Crippen LogP contribution in [0.3, 0.4) is 0 Å². The van der Waals surface area contributed by atoms with E-state index in [9.17, 15) is 8.42 Å². The minimum atomic E-state index is -3.03. The predicted molar refractivity (Wildman–Crippen MR) is 148 cm³/mol. The molecule has 0 unspecified atom stereocenters. The van der Waals surface area contributed by atoms with Gasteiger partial charge >= 0.3 is 0 Å². The maximum atomic E-state index is 11.8. The smallest absolute Gasteiger partial charge is 0.164 e. The van der Waals surface area contributed by atoms with E-state index >= 15 is 0 Å². The highest BCUT2D eigenvalue weighted by Gasteiger charge is 2.38. The molecule has 5 rings (SSSR count). The van der Waals surface area contributed by atoms with Crippen LogP contribution in [0.25, 0.3) is 22.2 Å². The van der Waals surface area contributed by atoms with Crippen molar-refractivity contribution in [1.29, 1.82) is 0 Å². The normalized spacial score (nSPS) is 19.4. The van der Waals surface area contributed by atoms with Crippen LogP contribution in [0, 0.1) is 12.8 Å². The van der Waals surface area contributed by atoms with Gasteiger partial charge in [-0.15, -0.1) is 0 Å². The summed E-state index contributed by atoms with van der Waals surface area (Å²) in [5, 5.41) is 9.44. The molecule has 1 saturated heterocycles. The lowest BCUT2D eigenvalue weighted by Gasteiger charge is -2.48. The molecule has 0 spiro atoms. The fraction of sp³-hybridized carbons (Fsp3) is 0.407. The molecule has 1 aromatic carbocycles. The number of nitrogens with one attached hydrogen (secondary N) is 1. The van der Waals surface area contributed by atoms with Gasteiger partial charge in [-0.1, -0.05) is 19.9 Å². The summed E-state index contributed by atoms with van der Waals surface area (Å²) in [4.78, 5) is 15.8. The van der Waals surface area contributed by atoms with Gasteiger partial charge < -0.3 is 10.2 Å². The maximum absolute atomic E-state index is 11.8. The molecule has 4 heterocycles. The van der Waals surface area contributed by atoms with Crippen molar-refractivity contribution in [2.75, 3.05) is 28.8 Å². The van der Waals surface area contributed by atoms with Crippen molar-refractivity contribution in [3.63, 3.8) is 0 Å². The Kier molecular flexibility index (Phi) is 5.48. The first-order valence-corrected chi connectivity index (χ1v) is 14.3. The molecule has 0 bridgehead atoms. The second kappa shape index (κ2) is 9.41. The Morgan fingerprint density at radius 3 is 2.68 bits per heavy atom. The van der Waals surface area contributed by atoms with Gasteiger partial charge in [0.2, 0.25) is 0 Å². The average molecular weight is 523 g/mol. The summed E-state index contributed by atoms with van der Waals surface area (Å²) in [7, 11) is -3.03. The van der Waals surface area contributed by atoms with Gasteiger partial charge in [-0.25, -0.2) is 23.4 Å². The van der Waals surface area contributed by atoms with Crippen molar-refractivity contribution in [2.24, 2.45) is 12.9 Å². The van der Waals surface area contributed by atoms with Gasteiger partial charge in [0, 0.05) is 65.5 Å². The zero-order chi connectivity index (χ0) is 29.0. The Balaban J connectivity index is 1.46. The Bertz CT molecular complexity index is 1690. The van der Waals surface area contributed by atoms with Crippen LogP contribution in [0.5, 0.6) is 0 Å². The molecule has 194 valence electrons. The summed E-state index contributed by atoms with van der Waals surface area (Å²) in [6, 6.07) is 8.09. The molecular weight excluding hydrogens is 486 g/mol. The average Bonchev–Trinajstić information content (AvgIpc) is 3.27. The molecule has 1 N–H and O–H groups in total. The van der Waals surface area contributed by atoms with E-state index in [-0.39, 0.29) is 23.6 Å². The molecular formula is C27H33N7O2S. The second-order valence-corrected chi connectivity index (χ2v) is 12.3. The summed E-state index contributed by atoms with van der Waals surface area (Å²) in [5.41, 5.74) is 3.28. The van der Waals surface area contributed by atoms with Gasteiger partial charge in [-0.2, -0.15) is 5.10 Å². The highest BCUT2D eigenvalue weighted by molar-refractivity contribution is 7.90. The van der Waals surface area contributed by atoms with Gasteiger partial charge in [0.05, 0.1) is 17.0 Å². The molecule has 9 nitrogen and oxygen atoms in total. The number of pyridine rings is 1. The van der Waals surface area contributed by atoms with E-state index in [1.54, 1.807) is 19.2 Å². The monoisotopic (exact) mass is 522 g/mol. The third-order valence-corrected chi connectivity index (χ3v) is 8.05. The third kappa shape index (κ3) is 5.02. The summed E-state index contributed by atoms with van der Waals surface area (Å²) in [5.74, 6) is 2.06. The highest BCUT2D eigenvalue weighted by Crippen LogP contribution is 2.39. The third-order valence-electron chi connectivity index (χ3n) is 7.02. The Hall–Kier alpha value is -3.53. The zero-order valence-electron chi connectivity index (χ0n) is 24.6. The van der Waals surface area contributed by atoms with E-state index in [4.69, 9.17) is 4.11 Å². The van der Waals surface area contributed by atoms with E-state index in [2.05, 4.69) is 63.2 Å². The number of hydrogen-bond acceptors (Lipinski definition) is 8. The number of sulfone groups is 1. The SMILES string of the molecule is [2H]C([2H])([2H])n1cc(-c2nccc(Nc3cc4c(C(C)C)ccc(N5C[C@H](CS(C)(=O)=O)[C@H]5C)c4cn3)n2)c(C)n1. The number of benzene rings is 1. The number of aromatic nitrogens is 5. The van der Waals surface area contributed by atoms with Crippen molar-refractivity contribution < 1.29 is 12.5 Å². The molecule has 1 aliphatic heterocycles. The van der Waals surface area contributed by atoms with Gasteiger partial charge in [-0.3, -0.25) is 4.68 Å². The molecule has 2 atom stereocenters. The zero-order valence-corrected chi connectivity index (χ0v) is 22.4. The minimum Gasteiger partial charge on any atom is -0.368 e. The van der Waals surface area contributed by atoms with Gasteiger partial charge in [0.25, 0.3) is 0 Å². The van der Waals surface area contributed by atoms with E-state index in [0.717, 1.165) is 21.1 Å². The van der Waals surface area contributed by atoms with Gasteiger partial charge in [-0.05, 0) is 48.9 Å². The summed E-state index contributed by atoms with van der Waals surface area (Å²) in [6.45, 7) is 6.39. The number of anilines is 3. The summed E-state index contributed by atoms with van der Waals surface area (Å²) < 4.78 is 47.4. The van der Waals surface area contributed by atoms with Crippen molar-refractivity contribution >= 4 is 37.9 Å². The molecule has 10 heteroatoms. The fourth-order valence-electron chi connectivity index (χ4n) is 5.02. The summed E-state index contributed by atoms with van der Waals surface area (Å²) in [6.07, 6.45) is 6.18. The largest absolute Gasteiger partial charge is 0.368 e. The lowest BCUT2D eigenvalue weighted by Crippen LogP contribution is -2.57. The first-order valence-electron chi connectivity index (χ1n) is 13.8. The Morgan fingerprint density at radius 1 is 1.19 bits per heavy atom. The molecule has 37 heavy (non-hydrogen) atoms. The number of fused-ring (bicyclic) bond motifs is 1. The van der Waals surface area contributed by atoms with Crippen LogP contribution in [0.4, 0.5) is 17.3 Å². The lowest BCUT2D eigenvalue weighted by molar-refractivity contribution is 0.342. The van der Waals surface area contributed by atoms with Crippen LogP contribution < -0.4 is 10.2 Å². The van der Waals surface area contributed by atoms with E-state index in [1.165, 1.54) is 18.0 Å². The molecule has 0 radical (unpaired) electrons. The topological polar surface area (TPSA) is 106 Å². The molecule has 3 aromatic heterocycles. The second-order valence-electron chi connectivity index (χ2n) is 10.2. The van der Waals surface area contributed by atoms with Crippen molar-refractivity contribution in [2.45, 2.75) is 39.7 Å². The van der Waals surface area contributed by atoms with Crippen molar-refractivity contribution in [3.8, 4) is 11.4 Å². The highest BCUT2D eigenvalue weighted by atomic mass is 32.2. The molecule has 1 aliphatic rings. The quantitative estimate of drug-likeness (QED) is 0.379. The van der Waals surface area contributed by atoms with Crippen molar-refractivity contribution in [1.82, 2.24) is 24.7 Å².